The van der Waals surface area contributed by atoms with E-state index >= 15 is 0 Å². The van der Waals surface area contributed by atoms with Crippen molar-refractivity contribution in [2.75, 3.05) is 21.3 Å². The maximum atomic E-state index is 10.4. The second-order valence-electron chi connectivity index (χ2n) is 8.03. The van der Waals surface area contributed by atoms with Crippen LogP contribution in [0.4, 0.5) is 0 Å². The second-order valence-corrected chi connectivity index (χ2v) is 8.03. The van der Waals surface area contributed by atoms with E-state index in [0.29, 0.717) is 12.3 Å². The predicted octanol–water partition coefficient (Wildman–Crippen LogP) is 3.45. The molecule has 0 saturated carbocycles. The van der Waals surface area contributed by atoms with E-state index in [-0.39, 0.29) is 24.5 Å². The van der Waals surface area contributed by atoms with Crippen LogP contribution in [-0.4, -0.2) is 67.4 Å². The minimum atomic E-state index is -1.01. The Kier molecular flexibility index (Phi) is 15.6. The average molecular weight is 417 g/mol. The standard InChI is InChI=1S/C23H44O6/c1-8-21(27-5)18(4)12-13-19(24)17(3)11-9-10-16(2)14-22(28-6)20(25)15-23(26)29-7/h9-11,17-26H,8,12-15H2,1-7H3/b11-9+,16-10+/t17?,18?,19?,20?,21?,22-,23-/m0/s1. The van der Waals surface area contributed by atoms with Crippen molar-refractivity contribution in [3.8, 4) is 0 Å². The molecule has 5 unspecified atom stereocenters. The molecule has 0 bridgehead atoms. The molecule has 7 atom stereocenters. The van der Waals surface area contributed by atoms with Gasteiger partial charge >= 0.3 is 0 Å². The maximum Gasteiger partial charge on any atom is 0.156 e. The van der Waals surface area contributed by atoms with Crippen LogP contribution in [0.5, 0.6) is 0 Å². The smallest absolute Gasteiger partial charge is 0.156 e. The molecule has 0 heterocycles. The molecule has 0 aromatic carbocycles. The van der Waals surface area contributed by atoms with Gasteiger partial charge in [-0.05, 0) is 38.5 Å². The van der Waals surface area contributed by atoms with E-state index in [0.717, 1.165) is 24.8 Å². The van der Waals surface area contributed by atoms with Gasteiger partial charge in [0.05, 0.1) is 24.4 Å². The zero-order valence-electron chi connectivity index (χ0n) is 19.4. The fourth-order valence-corrected chi connectivity index (χ4v) is 3.42. The Morgan fingerprint density at radius 3 is 2.03 bits per heavy atom. The number of hydrogen-bond acceptors (Lipinski definition) is 6. The van der Waals surface area contributed by atoms with Gasteiger partial charge in [-0.15, -0.1) is 0 Å². The molecule has 0 radical (unpaired) electrons. The normalized spacial score (nSPS) is 20.3. The molecule has 0 aliphatic carbocycles. The lowest BCUT2D eigenvalue weighted by Gasteiger charge is -2.23. The van der Waals surface area contributed by atoms with Crippen LogP contribution in [0.1, 0.15) is 59.8 Å². The van der Waals surface area contributed by atoms with Crippen molar-refractivity contribution < 1.29 is 29.5 Å². The summed E-state index contributed by atoms with van der Waals surface area (Å²) in [4.78, 5) is 0. The lowest BCUT2D eigenvalue weighted by molar-refractivity contribution is -0.118. The molecular weight excluding hydrogens is 372 g/mol. The van der Waals surface area contributed by atoms with Gasteiger partial charge in [-0.2, -0.15) is 0 Å². The molecule has 0 aliphatic rings. The maximum absolute atomic E-state index is 10.4. The molecule has 0 amide bonds. The minimum absolute atomic E-state index is 0.0505. The lowest BCUT2D eigenvalue weighted by Crippen LogP contribution is -2.32. The summed E-state index contributed by atoms with van der Waals surface area (Å²) in [7, 11) is 4.68. The number of ether oxygens (including phenoxy) is 3. The Labute approximate surface area is 177 Å². The highest BCUT2D eigenvalue weighted by Gasteiger charge is 2.22. The lowest BCUT2D eigenvalue weighted by atomic mass is 9.91. The number of methoxy groups -OCH3 is 3. The number of allylic oxidation sites excluding steroid dienone is 2. The first kappa shape index (κ1) is 28.2. The molecule has 172 valence electrons. The summed E-state index contributed by atoms with van der Waals surface area (Å²) in [6.07, 6.45) is 6.83. The molecule has 29 heavy (non-hydrogen) atoms. The first-order valence-electron chi connectivity index (χ1n) is 10.7. The third kappa shape index (κ3) is 11.9. The van der Waals surface area contributed by atoms with Crippen molar-refractivity contribution >= 4 is 0 Å². The van der Waals surface area contributed by atoms with Gasteiger partial charge in [0.25, 0.3) is 0 Å². The Morgan fingerprint density at radius 2 is 1.52 bits per heavy atom. The van der Waals surface area contributed by atoms with Crippen LogP contribution in [0, 0.1) is 11.8 Å². The van der Waals surface area contributed by atoms with Gasteiger partial charge < -0.3 is 29.5 Å². The average Bonchev–Trinajstić information content (AvgIpc) is 2.70. The van der Waals surface area contributed by atoms with E-state index in [4.69, 9.17) is 14.2 Å². The van der Waals surface area contributed by atoms with Crippen LogP contribution in [0.25, 0.3) is 0 Å². The van der Waals surface area contributed by atoms with Gasteiger partial charge in [0.2, 0.25) is 0 Å². The van der Waals surface area contributed by atoms with Crippen molar-refractivity contribution in [1.29, 1.82) is 0 Å². The van der Waals surface area contributed by atoms with Gasteiger partial charge in [-0.3, -0.25) is 0 Å². The highest BCUT2D eigenvalue weighted by molar-refractivity contribution is 5.12. The van der Waals surface area contributed by atoms with Crippen LogP contribution >= 0.6 is 0 Å². The van der Waals surface area contributed by atoms with E-state index in [9.17, 15) is 15.3 Å². The van der Waals surface area contributed by atoms with Crippen LogP contribution in [0.3, 0.4) is 0 Å². The van der Waals surface area contributed by atoms with E-state index in [1.54, 1.807) is 14.2 Å². The summed E-state index contributed by atoms with van der Waals surface area (Å²) in [6.45, 7) is 8.27. The summed E-state index contributed by atoms with van der Waals surface area (Å²) >= 11 is 0. The van der Waals surface area contributed by atoms with Gasteiger partial charge in [-0.25, -0.2) is 0 Å². The van der Waals surface area contributed by atoms with Crippen LogP contribution < -0.4 is 0 Å². The largest absolute Gasteiger partial charge is 0.393 e. The molecule has 0 spiro atoms. The number of aliphatic hydroxyl groups is 3. The number of aliphatic hydroxyl groups excluding tert-OH is 3. The molecule has 6 nitrogen and oxygen atoms in total. The van der Waals surface area contributed by atoms with Crippen molar-refractivity contribution in [2.24, 2.45) is 11.8 Å². The zero-order chi connectivity index (χ0) is 22.4. The first-order chi connectivity index (χ1) is 13.7. The van der Waals surface area contributed by atoms with E-state index < -0.39 is 18.5 Å². The van der Waals surface area contributed by atoms with E-state index in [2.05, 4.69) is 13.8 Å². The van der Waals surface area contributed by atoms with Crippen LogP contribution in [-0.2, 0) is 14.2 Å². The summed E-state index contributed by atoms with van der Waals surface area (Å²) < 4.78 is 15.6. The molecule has 0 aromatic rings. The molecule has 0 aliphatic heterocycles. The molecule has 0 aromatic heterocycles. The summed E-state index contributed by atoms with van der Waals surface area (Å²) in [5.74, 6) is 0.474. The van der Waals surface area contributed by atoms with Gasteiger partial charge in [-0.1, -0.05) is 44.6 Å². The van der Waals surface area contributed by atoms with Crippen molar-refractivity contribution in [3.05, 3.63) is 23.8 Å². The van der Waals surface area contributed by atoms with Crippen molar-refractivity contribution in [2.45, 2.75) is 90.5 Å². The summed E-state index contributed by atoms with van der Waals surface area (Å²) in [6, 6.07) is 0. The monoisotopic (exact) mass is 416 g/mol. The molecule has 0 fully saturated rings. The molecular formula is C23H44O6. The van der Waals surface area contributed by atoms with Crippen molar-refractivity contribution in [1.82, 2.24) is 0 Å². The Balaban J connectivity index is 4.54. The van der Waals surface area contributed by atoms with Gasteiger partial charge in [0.1, 0.15) is 0 Å². The molecule has 0 rings (SSSR count). The highest BCUT2D eigenvalue weighted by Crippen LogP contribution is 2.20. The van der Waals surface area contributed by atoms with E-state index in [1.807, 2.05) is 32.1 Å². The topological polar surface area (TPSA) is 88.4 Å². The summed E-state index contributed by atoms with van der Waals surface area (Å²) in [5.41, 5.74) is 1.04. The van der Waals surface area contributed by atoms with Crippen LogP contribution in [0.2, 0.25) is 0 Å². The summed E-state index contributed by atoms with van der Waals surface area (Å²) in [5, 5.41) is 30.1. The Hall–Kier alpha value is -0.760. The Bertz CT molecular complexity index is 460. The van der Waals surface area contributed by atoms with Gasteiger partial charge in [0, 0.05) is 33.7 Å². The SMILES string of the molecule is CCC(OC)C(C)CCC(O)C(C)/C=C/C=C(\C)C[C@H](OC)C(O)C[C@@H](O)OC. The highest BCUT2D eigenvalue weighted by atomic mass is 16.6. The van der Waals surface area contributed by atoms with Gasteiger partial charge in [0.15, 0.2) is 6.29 Å². The molecule has 0 saturated heterocycles. The predicted molar refractivity (Wildman–Crippen MR) is 117 cm³/mol. The molecule has 6 heteroatoms. The number of hydrogen-bond donors (Lipinski definition) is 3. The fraction of sp³-hybridized carbons (Fsp3) is 0.826. The third-order valence-electron chi connectivity index (χ3n) is 5.63. The van der Waals surface area contributed by atoms with Crippen LogP contribution in [0.15, 0.2) is 23.8 Å². The Morgan fingerprint density at radius 1 is 0.897 bits per heavy atom. The number of rotatable bonds is 16. The van der Waals surface area contributed by atoms with E-state index in [1.165, 1.54) is 7.11 Å². The minimum Gasteiger partial charge on any atom is -0.393 e. The first-order valence-corrected chi connectivity index (χ1v) is 10.7. The zero-order valence-corrected chi connectivity index (χ0v) is 19.4. The second kappa shape index (κ2) is 16.0. The quantitative estimate of drug-likeness (QED) is 0.264. The molecule has 3 N–H and O–H groups in total. The fourth-order valence-electron chi connectivity index (χ4n) is 3.42. The van der Waals surface area contributed by atoms with Crippen molar-refractivity contribution in [3.63, 3.8) is 0 Å². The third-order valence-corrected chi connectivity index (χ3v) is 5.63.